The van der Waals surface area contributed by atoms with Gasteiger partial charge in [-0.25, -0.2) is 0 Å². The number of aliphatic hydroxyl groups is 1. The Labute approximate surface area is 194 Å². The number of halogens is 1. The van der Waals surface area contributed by atoms with Crippen molar-refractivity contribution in [2.24, 2.45) is 0 Å². The number of hydrogen-bond donors (Lipinski definition) is 2. The monoisotopic (exact) mass is 452 g/mol. The number of carboxylic acid groups (broad SMARTS) is 1. The lowest BCUT2D eigenvalue weighted by Gasteiger charge is -2.31. The molecule has 2 N–H and O–H groups in total. The highest BCUT2D eigenvalue weighted by atomic mass is 35.5. The minimum atomic E-state index is -1.55. The second-order valence-corrected chi connectivity index (χ2v) is 8.27. The minimum absolute atomic E-state index is 0.198. The zero-order valence-electron chi connectivity index (χ0n) is 18.9. The number of rotatable bonds is 4. The second kappa shape index (κ2) is 9.76. The summed E-state index contributed by atoms with van der Waals surface area (Å²) in [6.07, 6.45) is -0.195. The standard InChI is InChI=1S/C25H23ClO4.C2H6/c1-15-6-5-8-19(24(15)30-2)21-13-25(29,14-23(27)28)22-9-4-3-7-18(22)17-11-10-16(26)12-20(17)21;1-2/h3-12,21,29H,13-14H2,1-2H3,(H,27,28);1-2H3. The molecule has 0 saturated carbocycles. The summed E-state index contributed by atoms with van der Waals surface area (Å²) >= 11 is 6.38. The first kappa shape index (κ1) is 23.8. The number of benzene rings is 3. The van der Waals surface area contributed by atoms with Crippen molar-refractivity contribution < 1.29 is 19.7 Å². The van der Waals surface area contributed by atoms with Crippen molar-refractivity contribution in [2.75, 3.05) is 7.11 Å². The molecule has 5 heteroatoms. The summed E-state index contributed by atoms with van der Waals surface area (Å²) in [6.45, 7) is 5.97. The maximum absolute atomic E-state index is 11.7. The molecule has 0 spiro atoms. The highest BCUT2D eigenvalue weighted by molar-refractivity contribution is 6.30. The molecule has 0 saturated heterocycles. The molecule has 2 atom stereocenters. The van der Waals surface area contributed by atoms with Crippen LogP contribution in [0.15, 0.2) is 60.7 Å². The van der Waals surface area contributed by atoms with Crippen LogP contribution in [0.5, 0.6) is 5.75 Å². The predicted molar refractivity (Wildman–Crippen MR) is 129 cm³/mol. The highest BCUT2D eigenvalue weighted by Gasteiger charge is 2.41. The summed E-state index contributed by atoms with van der Waals surface area (Å²) in [6, 6.07) is 19.0. The Morgan fingerprint density at radius 1 is 1.06 bits per heavy atom. The van der Waals surface area contributed by atoms with Gasteiger partial charge in [0.05, 0.1) is 13.5 Å². The Bertz CT molecular complexity index is 1120. The third-order valence-corrected chi connectivity index (χ3v) is 6.15. The summed E-state index contributed by atoms with van der Waals surface area (Å²) in [5.41, 5.74) is 3.64. The van der Waals surface area contributed by atoms with Crippen molar-refractivity contribution >= 4 is 17.6 Å². The fraction of sp³-hybridized carbons (Fsp3) is 0.296. The predicted octanol–water partition coefficient (Wildman–Crippen LogP) is 6.55. The van der Waals surface area contributed by atoms with Crippen LogP contribution in [-0.4, -0.2) is 23.3 Å². The molecule has 0 fully saturated rings. The summed E-state index contributed by atoms with van der Waals surface area (Å²) in [5.74, 6) is -0.617. The normalized spacial score (nSPS) is 19.0. The molecule has 0 aromatic heterocycles. The Kier molecular flexibility index (Phi) is 7.27. The largest absolute Gasteiger partial charge is 0.496 e. The summed E-state index contributed by atoms with van der Waals surface area (Å²) in [5, 5.41) is 21.9. The maximum Gasteiger partial charge on any atom is 0.306 e. The van der Waals surface area contributed by atoms with Crippen LogP contribution in [0.4, 0.5) is 0 Å². The van der Waals surface area contributed by atoms with Crippen molar-refractivity contribution in [2.45, 2.75) is 45.1 Å². The minimum Gasteiger partial charge on any atom is -0.496 e. The molecule has 0 aliphatic heterocycles. The smallest absolute Gasteiger partial charge is 0.306 e. The molecular formula is C27H29ClO4. The molecule has 0 heterocycles. The van der Waals surface area contributed by atoms with Crippen LogP contribution in [0.1, 0.15) is 54.9 Å². The first-order valence-corrected chi connectivity index (χ1v) is 11.2. The van der Waals surface area contributed by atoms with E-state index in [0.717, 1.165) is 33.6 Å². The van der Waals surface area contributed by atoms with Crippen LogP contribution >= 0.6 is 11.6 Å². The van der Waals surface area contributed by atoms with Crippen LogP contribution in [0.3, 0.4) is 0 Å². The number of para-hydroxylation sites is 1. The van der Waals surface area contributed by atoms with Crippen LogP contribution in [0.25, 0.3) is 11.1 Å². The Hall–Kier alpha value is -2.82. The van der Waals surface area contributed by atoms with Gasteiger partial charge in [0.1, 0.15) is 11.4 Å². The van der Waals surface area contributed by atoms with Gasteiger partial charge in [-0.2, -0.15) is 0 Å². The number of carbonyl (C=O) groups is 1. The van der Waals surface area contributed by atoms with Gasteiger partial charge in [-0.3, -0.25) is 4.79 Å². The van der Waals surface area contributed by atoms with E-state index in [2.05, 4.69) is 0 Å². The number of fused-ring (bicyclic) bond motifs is 3. The van der Waals surface area contributed by atoms with Crippen LogP contribution < -0.4 is 4.74 Å². The zero-order valence-corrected chi connectivity index (χ0v) is 19.6. The Balaban J connectivity index is 0.00000141. The lowest BCUT2D eigenvalue weighted by atomic mass is 9.78. The van der Waals surface area contributed by atoms with Crippen molar-refractivity contribution in [3.8, 4) is 16.9 Å². The summed E-state index contributed by atoms with van der Waals surface area (Å²) < 4.78 is 5.71. The van der Waals surface area contributed by atoms with Crippen molar-refractivity contribution in [3.63, 3.8) is 0 Å². The van der Waals surface area contributed by atoms with Gasteiger partial charge in [-0.05, 0) is 53.3 Å². The lowest BCUT2D eigenvalue weighted by molar-refractivity contribution is -0.143. The van der Waals surface area contributed by atoms with Gasteiger partial charge in [0.2, 0.25) is 0 Å². The molecule has 4 rings (SSSR count). The SMILES string of the molecule is CC.COc1c(C)cccc1C1CC(O)(CC(=O)O)c2ccccc2-c2ccc(Cl)cc21. The molecule has 1 aliphatic rings. The molecule has 168 valence electrons. The van der Waals surface area contributed by atoms with Gasteiger partial charge in [-0.1, -0.05) is 74.0 Å². The number of carboxylic acids is 1. The first-order valence-electron chi connectivity index (χ1n) is 10.8. The fourth-order valence-electron chi connectivity index (χ4n) is 4.67. The van der Waals surface area contributed by atoms with E-state index in [4.69, 9.17) is 16.3 Å². The van der Waals surface area contributed by atoms with E-state index in [0.29, 0.717) is 10.6 Å². The van der Waals surface area contributed by atoms with E-state index in [9.17, 15) is 15.0 Å². The van der Waals surface area contributed by atoms with E-state index in [-0.39, 0.29) is 12.3 Å². The molecular weight excluding hydrogens is 424 g/mol. The molecule has 1 aliphatic carbocycles. The van der Waals surface area contributed by atoms with Crippen LogP contribution in [0, 0.1) is 6.92 Å². The molecule has 3 aromatic carbocycles. The summed E-state index contributed by atoms with van der Waals surface area (Å²) in [4.78, 5) is 11.7. The number of aliphatic carboxylic acids is 1. The lowest BCUT2D eigenvalue weighted by Crippen LogP contribution is -2.31. The van der Waals surface area contributed by atoms with Crippen molar-refractivity contribution in [1.29, 1.82) is 0 Å². The van der Waals surface area contributed by atoms with Crippen molar-refractivity contribution in [3.05, 3.63) is 87.9 Å². The maximum atomic E-state index is 11.7. The summed E-state index contributed by atoms with van der Waals surface area (Å²) in [7, 11) is 1.62. The second-order valence-electron chi connectivity index (χ2n) is 7.83. The quantitative estimate of drug-likeness (QED) is 0.471. The van der Waals surface area contributed by atoms with Crippen molar-refractivity contribution in [1.82, 2.24) is 0 Å². The van der Waals surface area contributed by atoms with Gasteiger partial charge in [0.15, 0.2) is 0 Å². The number of ether oxygens (including phenoxy) is 1. The third kappa shape index (κ3) is 4.38. The van der Waals surface area contributed by atoms with E-state index >= 15 is 0 Å². The Morgan fingerprint density at radius 3 is 2.47 bits per heavy atom. The third-order valence-electron chi connectivity index (χ3n) is 5.91. The van der Waals surface area contributed by atoms with Gasteiger partial charge in [-0.15, -0.1) is 0 Å². The molecule has 3 aromatic rings. The average Bonchev–Trinajstić information content (AvgIpc) is 2.87. The first-order chi connectivity index (χ1) is 15.3. The molecule has 0 amide bonds. The fourth-order valence-corrected chi connectivity index (χ4v) is 4.85. The molecule has 4 nitrogen and oxygen atoms in total. The van der Waals surface area contributed by atoms with Gasteiger partial charge >= 0.3 is 5.97 Å². The van der Waals surface area contributed by atoms with Gasteiger partial charge in [0.25, 0.3) is 0 Å². The van der Waals surface area contributed by atoms with E-state index < -0.39 is 18.0 Å². The molecule has 32 heavy (non-hydrogen) atoms. The molecule has 0 bridgehead atoms. The highest BCUT2D eigenvalue weighted by Crippen LogP contribution is 2.51. The van der Waals surface area contributed by atoms with Gasteiger partial charge < -0.3 is 14.9 Å². The number of aryl methyl sites for hydroxylation is 1. The molecule has 0 radical (unpaired) electrons. The van der Waals surface area contributed by atoms with Gasteiger partial charge in [0, 0.05) is 16.5 Å². The van der Waals surface area contributed by atoms with E-state index in [1.807, 2.05) is 81.4 Å². The van der Waals surface area contributed by atoms with Crippen LogP contribution in [0.2, 0.25) is 5.02 Å². The number of hydrogen-bond acceptors (Lipinski definition) is 3. The van der Waals surface area contributed by atoms with E-state index in [1.165, 1.54) is 0 Å². The zero-order chi connectivity index (χ0) is 23.5. The average molecular weight is 453 g/mol. The number of methoxy groups -OCH3 is 1. The Morgan fingerprint density at radius 2 is 1.78 bits per heavy atom. The van der Waals surface area contributed by atoms with Crippen LogP contribution in [-0.2, 0) is 10.4 Å². The molecule has 2 unspecified atom stereocenters. The van der Waals surface area contributed by atoms with E-state index in [1.54, 1.807) is 7.11 Å². The topological polar surface area (TPSA) is 66.8 Å².